The Labute approximate surface area is 99.8 Å². The van der Waals surface area contributed by atoms with E-state index >= 15 is 0 Å². The highest BCUT2D eigenvalue weighted by Gasteiger charge is 2.21. The molecular formula is C14H26O2. The van der Waals surface area contributed by atoms with E-state index in [1.807, 2.05) is 0 Å². The second kappa shape index (κ2) is 6.93. The Balaban J connectivity index is 2.28. The maximum absolute atomic E-state index is 11.8. The molecule has 0 N–H and O–H groups in total. The molecule has 0 saturated heterocycles. The standard InChI is InChI=1S/C14H26O2/c1-4-13(11(2)3)16-14(15)10-12-8-6-5-7-9-12/h11-13H,4-10H2,1-3H3. The number of carbonyl (C=O) groups is 1. The summed E-state index contributed by atoms with van der Waals surface area (Å²) >= 11 is 0. The molecule has 16 heavy (non-hydrogen) atoms. The van der Waals surface area contributed by atoms with Gasteiger partial charge in [0.1, 0.15) is 6.10 Å². The van der Waals surface area contributed by atoms with Crippen LogP contribution >= 0.6 is 0 Å². The number of carbonyl (C=O) groups excluding carboxylic acids is 1. The number of hydrogen-bond donors (Lipinski definition) is 0. The molecule has 0 aromatic heterocycles. The van der Waals surface area contributed by atoms with Crippen LogP contribution in [0.5, 0.6) is 0 Å². The molecule has 0 heterocycles. The van der Waals surface area contributed by atoms with Crippen molar-refractivity contribution in [3.63, 3.8) is 0 Å². The lowest BCUT2D eigenvalue weighted by Gasteiger charge is -2.23. The van der Waals surface area contributed by atoms with Crippen molar-refractivity contribution in [1.29, 1.82) is 0 Å². The fraction of sp³-hybridized carbons (Fsp3) is 0.929. The van der Waals surface area contributed by atoms with Crippen LogP contribution in [0, 0.1) is 11.8 Å². The maximum Gasteiger partial charge on any atom is 0.306 e. The molecule has 1 aliphatic carbocycles. The lowest BCUT2D eigenvalue weighted by molar-refractivity contribution is -0.152. The summed E-state index contributed by atoms with van der Waals surface area (Å²) in [6, 6.07) is 0. The van der Waals surface area contributed by atoms with Crippen molar-refractivity contribution < 1.29 is 9.53 Å². The summed E-state index contributed by atoms with van der Waals surface area (Å²) in [5, 5.41) is 0. The molecule has 2 heteroatoms. The van der Waals surface area contributed by atoms with E-state index in [-0.39, 0.29) is 12.1 Å². The fourth-order valence-electron chi connectivity index (χ4n) is 2.53. The Morgan fingerprint density at radius 2 is 1.88 bits per heavy atom. The lowest BCUT2D eigenvalue weighted by atomic mass is 9.87. The molecule has 1 unspecified atom stereocenters. The van der Waals surface area contributed by atoms with Gasteiger partial charge in [-0.25, -0.2) is 0 Å². The summed E-state index contributed by atoms with van der Waals surface area (Å²) in [6.07, 6.45) is 8.03. The Hall–Kier alpha value is -0.530. The highest BCUT2D eigenvalue weighted by atomic mass is 16.5. The summed E-state index contributed by atoms with van der Waals surface area (Å²) in [6.45, 7) is 6.31. The monoisotopic (exact) mass is 226 g/mol. The van der Waals surface area contributed by atoms with Crippen molar-refractivity contribution in [2.24, 2.45) is 11.8 Å². The van der Waals surface area contributed by atoms with E-state index in [4.69, 9.17) is 4.74 Å². The molecule has 1 saturated carbocycles. The molecule has 0 radical (unpaired) electrons. The Morgan fingerprint density at radius 3 is 2.38 bits per heavy atom. The molecule has 0 aromatic rings. The van der Waals surface area contributed by atoms with Gasteiger partial charge >= 0.3 is 5.97 Å². The Bertz CT molecular complexity index is 205. The van der Waals surface area contributed by atoms with Gasteiger partial charge in [0, 0.05) is 6.42 Å². The minimum absolute atomic E-state index is 0.0208. The highest BCUT2D eigenvalue weighted by molar-refractivity contribution is 5.69. The second-order valence-electron chi connectivity index (χ2n) is 5.39. The van der Waals surface area contributed by atoms with Gasteiger partial charge in [-0.1, -0.05) is 40.0 Å². The first kappa shape index (κ1) is 13.5. The van der Waals surface area contributed by atoms with Gasteiger partial charge in [-0.15, -0.1) is 0 Å². The summed E-state index contributed by atoms with van der Waals surface area (Å²) in [5.74, 6) is 1.04. The van der Waals surface area contributed by atoms with Crippen LogP contribution in [0.3, 0.4) is 0 Å². The van der Waals surface area contributed by atoms with Crippen LogP contribution in [0.4, 0.5) is 0 Å². The van der Waals surface area contributed by atoms with Crippen molar-refractivity contribution in [3.05, 3.63) is 0 Å². The van der Waals surface area contributed by atoms with Gasteiger partial charge in [0.15, 0.2) is 0 Å². The van der Waals surface area contributed by atoms with E-state index in [0.29, 0.717) is 18.3 Å². The first-order chi connectivity index (χ1) is 7.63. The highest BCUT2D eigenvalue weighted by Crippen LogP contribution is 2.27. The number of ether oxygens (including phenoxy) is 1. The average Bonchev–Trinajstić information content (AvgIpc) is 2.27. The van der Waals surface area contributed by atoms with Crippen molar-refractivity contribution >= 4 is 5.97 Å². The smallest absolute Gasteiger partial charge is 0.306 e. The van der Waals surface area contributed by atoms with Gasteiger partial charge in [-0.3, -0.25) is 4.79 Å². The van der Waals surface area contributed by atoms with Gasteiger partial charge in [0.25, 0.3) is 0 Å². The quantitative estimate of drug-likeness (QED) is 0.664. The van der Waals surface area contributed by atoms with Crippen LogP contribution < -0.4 is 0 Å². The lowest BCUT2D eigenvalue weighted by Crippen LogP contribution is -2.24. The van der Waals surface area contributed by atoms with Gasteiger partial charge in [-0.05, 0) is 31.1 Å². The largest absolute Gasteiger partial charge is 0.462 e. The zero-order valence-electron chi connectivity index (χ0n) is 11.0. The molecule has 0 aliphatic heterocycles. The summed E-state index contributed by atoms with van der Waals surface area (Å²) in [4.78, 5) is 11.8. The van der Waals surface area contributed by atoms with E-state index < -0.39 is 0 Å². The molecular weight excluding hydrogens is 200 g/mol. The molecule has 94 valence electrons. The van der Waals surface area contributed by atoms with Crippen LogP contribution in [-0.4, -0.2) is 12.1 Å². The summed E-state index contributed by atoms with van der Waals surface area (Å²) in [5.41, 5.74) is 0. The zero-order chi connectivity index (χ0) is 12.0. The maximum atomic E-state index is 11.8. The molecule has 1 fully saturated rings. The van der Waals surface area contributed by atoms with Crippen molar-refractivity contribution in [2.75, 3.05) is 0 Å². The third kappa shape index (κ3) is 4.54. The number of hydrogen-bond acceptors (Lipinski definition) is 2. The average molecular weight is 226 g/mol. The molecule has 0 spiro atoms. The van der Waals surface area contributed by atoms with Gasteiger partial charge in [0.2, 0.25) is 0 Å². The fourth-order valence-corrected chi connectivity index (χ4v) is 2.53. The Morgan fingerprint density at radius 1 is 1.25 bits per heavy atom. The van der Waals surface area contributed by atoms with Gasteiger partial charge in [-0.2, -0.15) is 0 Å². The topological polar surface area (TPSA) is 26.3 Å². The third-order valence-corrected chi connectivity index (χ3v) is 3.61. The van der Waals surface area contributed by atoms with Crippen molar-refractivity contribution in [3.8, 4) is 0 Å². The van der Waals surface area contributed by atoms with E-state index in [0.717, 1.165) is 6.42 Å². The third-order valence-electron chi connectivity index (χ3n) is 3.61. The molecule has 1 atom stereocenters. The first-order valence-corrected chi connectivity index (χ1v) is 6.83. The molecule has 1 aliphatic rings. The van der Waals surface area contributed by atoms with Crippen molar-refractivity contribution in [1.82, 2.24) is 0 Å². The normalized spacial score (nSPS) is 19.8. The molecule has 1 rings (SSSR count). The van der Waals surface area contributed by atoms with E-state index in [9.17, 15) is 4.79 Å². The minimum Gasteiger partial charge on any atom is -0.462 e. The summed E-state index contributed by atoms with van der Waals surface area (Å²) in [7, 11) is 0. The zero-order valence-corrected chi connectivity index (χ0v) is 11.0. The van der Waals surface area contributed by atoms with E-state index in [1.165, 1.54) is 32.1 Å². The molecule has 0 aromatic carbocycles. The van der Waals surface area contributed by atoms with E-state index in [2.05, 4.69) is 20.8 Å². The molecule has 2 nitrogen and oxygen atoms in total. The van der Waals surface area contributed by atoms with Crippen LogP contribution in [0.25, 0.3) is 0 Å². The second-order valence-corrected chi connectivity index (χ2v) is 5.39. The summed E-state index contributed by atoms with van der Waals surface area (Å²) < 4.78 is 5.52. The van der Waals surface area contributed by atoms with Crippen molar-refractivity contribution in [2.45, 2.75) is 71.8 Å². The van der Waals surface area contributed by atoms with E-state index in [1.54, 1.807) is 0 Å². The molecule has 0 amide bonds. The number of esters is 1. The van der Waals surface area contributed by atoms with Crippen LogP contribution in [0.2, 0.25) is 0 Å². The minimum atomic E-state index is 0.0208. The SMILES string of the molecule is CCC(OC(=O)CC1CCCCC1)C(C)C. The molecule has 0 bridgehead atoms. The predicted octanol–water partition coefficient (Wildman–Crippen LogP) is 3.93. The van der Waals surface area contributed by atoms with Crippen LogP contribution in [-0.2, 0) is 9.53 Å². The number of rotatable bonds is 5. The van der Waals surface area contributed by atoms with Crippen LogP contribution in [0.15, 0.2) is 0 Å². The predicted molar refractivity (Wildman–Crippen MR) is 66.2 cm³/mol. The van der Waals surface area contributed by atoms with Crippen LogP contribution in [0.1, 0.15) is 65.7 Å². The first-order valence-electron chi connectivity index (χ1n) is 6.83. The Kier molecular flexibility index (Phi) is 5.86. The van der Waals surface area contributed by atoms with Gasteiger partial charge < -0.3 is 4.74 Å². The van der Waals surface area contributed by atoms with Gasteiger partial charge in [0.05, 0.1) is 0 Å².